The van der Waals surface area contributed by atoms with Gasteiger partial charge in [-0.3, -0.25) is 14.5 Å². The number of amides is 2. The van der Waals surface area contributed by atoms with Crippen molar-refractivity contribution < 1.29 is 14.3 Å². The molecule has 2 aliphatic heterocycles. The number of ether oxygens (including phenoxy) is 1. The Kier molecular flexibility index (Phi) is 8.87. The van der Waals surface area contributed by atoms with Gasteiger partial charge in [0.1, 0.15) is 5.54 Å². The second-order valence-corrected chi connectivity index (χ2v) is 11.4. The van der Waals surface area contributed by atoms with Crippen molar-refractivity contribution in [2.45, 2.75) is 95.6 Å². The van der Waals surface area contributed by atoms with Gasteiger partial charge >= 0.3 is 0 Å². The summed E-state index contributed by atoms with van der Waals surface area (Å²) in [6.07, 6.45) is 12.7. The van der Waals surface area contributed by atoms with Crippen LogP contribution in [-0.4, -0.2) is 72.6 Å². The van der Waals surface area contributed by atoms with Crippen LogP contribution in [0.15, 0.2) is 0 Å². The molecule has 4 aliphatic rings. The van der Waals surface area contributed by atoms with Crippen LogP contribution in [0, 0.1) is 29.1 Å². The first-order chi connectivity index (χ1) is 16.5. The Balaban J connectivity index is 1.41. The molecule has 0 unspecified atom stereocenters. The number of morpholine rings is 1. The summed E-state index contributed by atoms with van der Waals surface area (Å²) in [4.78, 5) is 31.0. The minimum atomic E-state index is -0.832. The zero-order valence-electron chi connectivity index (χ0n) is 21.1. The van der Waals surface area contributed by atoms with Gasteiger partial charge in [-0.05, 0) is 37.5 Å². The maximum absolute atomic E-state index is 13.6. The normalized spacial score (nSPS) is 32.2. The van der Waals surface area contributed by atoms with E-state index >= 15 is 0 Å². The number of carbonyl (C=O) groups is 2. The lowest BCUT2D eigenvalue weighted by molar-refractivity contribution is -0.140. The van der Waals surface area contributed by atoms with Gasteiger partial charge in [0.05, 0.1) is 19.3 Å². The number of nitrogens with zero attached hydrogens (tertiary/aromatic N) is 3. The van der Waals surface area contributed by atoms with E-state index in [0.29, 0.717) is 57.1 Å². The molecule has 7 nitrogen and oxygen atoms in total. The van der Waals surface area contributed by atoms with E-state index in [2.05, 4.69) is 23.2 Å². The molecule has 4 rings (SSSR count). The average molecular weight is 473 g/mol. The van der Waals surface area contributed by atoms with E-state index in [1.165, 1.54) is 44.9 Å². The van der Waals surface area contributed by atoms with Gasteiger partial charge in [0.2, 0.25) is 11.8 Å². The third-order valence-corrected chi connectivity index (χ3v) is 8.91. The van der Waals surface area contributed by atoms with Crippen LogP contribution >= 0.6 is 0 Å². The number of carbonyl (C=O) groups excluding carboxylic acids is 2. The first kappa shape index (κ1) is 25.4. The van der Waals surface area contributed by atoms with Gasteiger partial charge in [-0.25, -0.2) is 0 Å². The largest absolute Gasteiger partial charge is 0.378 e. The number of rotatable bonds is 7. The lowest BCUT2D eigenvalue weighted by Gasteiger charge is -2.37. The van der Waals surface area contributed by atoms with Gasteiger partial charge in [-0.1, -0.05) is 51.9 Å². The zero-order valence-corrected chi connectivity index (χ0v) is 21.1. The molecule has 0 aromatic heterocycles. The number of likely N-dealkylation sites (tertiary alicyclic amines) is 1. The fourth-order valence-electron chi connectivity index (χ4n) is 6.78. The fraction of sp³-hybridized carbons (Fsp3) is 0.889. The van der Waals surface area contributed by atoms with E-state index in [-0.39, 0.29) is 24.2 Å². The van der Waals surface area contributed by atoms with Gasteiger partial charge in [-0.15, -0.1) is 0 Å². The Morgan fingerprint density at radius 3 is 2.47 bits per heavy atom. The highest BCUT2D eigenvalue weighted by Gasteiger charge is 2.44. The monoisotopic (exact) mass is 472 g/mol. The van der Waals surface area contributed by atoms with Crippen LogP contribution in [0.25, 0.3) is 0 Å². The van der Waals surface area contributed by atoms with Crippen LogP contribution < -0.4 is 5.32 Å². The van der Waals surface area contributed by atoms with Gasteiger partial charge in [0, 0.05) is 44.6 Å². The lowest BCUT2D eigenvalue weighted by atomic mass is 9.81. The first-order valence-electron chi connectivity index (χ1n) is 13.8. The highest BCUT2D eigenvalue weighted by molar-refractivity contribution is 5.86. The van der Waals surface area contributed by atoms with E-state index in [4.69, 9.17) is 4.74 Å². The maximum Gasteiger partial charge on any atom is 0.224 e. The van der Waals surface area contributed by atoms with Crippen molar-refractivity contribution in [2.24, 2.45) is 17.8 Å². The summed E-state index contributed by atoms with van der Waals surface area (Å²) >= 11 is 0. The number of hydrogen-bond donors (Lipinski definition) is 1. The van der Waals surface area contributed by atoms with Crippen LogP contribution in [0.1, 0.15) is 84.0 Å². The second-order valence-electron chi connectivity index (χ2n) is 11.4. The summed E-state index contributed by atoms with van der Waals surface area (Å²) < 4.78 is 5.39. The Morgan fingerprint density at radius 2 is 1.76 bits per heavy atom. The van der Waals surface area contributed by atoms with Crippen LogP contribution in [0.2, 0.25) is 0 Å². The molecule has 7 heteroatoms. The fourth-order valence-corrected chi connectivity index (χ4v) is 6.78. The molecule has 34 heavy (non-hydrogen) atoms. The third kappa shape index (κ3) is 6.31. The lowest BCUT2D eigenvalue weighted by Crippen LogP contribution is -2.53. The molecule has 190 valence electrons. The van der Waals surface area contributed by atoms with Gasteiger partial charge in [0.15, 0.2) is 0 Å². The van der Waals surface area contributed by atoms with Crippen molar-refractivity contribution in [1.29, 1.82) is 5.26 Å². The first-order valence-corrected chi connectivity index (χ1v) is 13.8. The molecule has 0 bridgehead atoms. The summed E-state index contributed by atoms with van der Waals surface area (Å²) in [6, 6.07) is 3.00. The van der Waals surface area contributed by atoms with Crippen LogP contribution in [0.4, 0.5) is 0 Å². The molecular weight excluding hydrogens is 428 g/mol. The van der Waals surface area contributed by atoms with Crippen molar-refractivity contribution >= 4 is 11.8 Å². The molecule has 2 amide bonds. The molecule has 2 saturated carbocycles. The number of nitriles is 1. The molecule has 2 aliphatic carbocycles. The molecule has 0 spiro atoms. The smallest absolute Gasteiger partial charge is 0.224 e. The van der Waals surface area contributed by atoms with Crippen molar-refractivity contribution in [3.8, 4) is 6.07 Å². The van der Waals surface area contributed by atoms with E-state index in [0.717, 1.165) is 25.8 Å². The molecule has 2 saturated heterocycles. The Bertz CT molecular complexity index is 741. The highest BCUT2D eigenvalue weighted by atomic mass is 16.5. The molecule has 4 fully saturated rings. The van der Waals surface area contributed by atoms with E-state index in [1.54, 1.807) is 0 Å². The Morgan fingerprint density at radius 1 is 1.06 bits per heavy atom. The summed E-state index contributed by atoms with van der Waals surface area (Å²) in [5, 5.41) is 13.3. The van der Waals surface area contributed by atoms with Gasteiger partial charge in [0.25, 0.3) is 0 Å². The van der Waals surface area contributed by atoms with Crippen LogP contribution in [-0.2, 0) is 14.3 Å². The van der Waals surface area contributed by atoms with Crippen LogP contribution in [0.5, 0.6) is 0 Å². The predicted octanol–water partition coefficient (Wildman–Crippen LogP) is 3.48. The third-order valence-electron chi connectivity index (χ3n) is 8.91. The standard InChI is InChI=1S/C27H44N4O3/c1-21-7-5-6-10-24(21)31-12-11-27(19-28,20-31)29-26(33)23(17-22-8-3-2-4-9-22)18-25(32)30-13-15-34-16-14-30/h21-24H,2-18,20H2,1H3,(H,29,33)/t21-,23+,24+,27+/m0/s1. The maximum atomic E-state index is 13.6. The average Bonchev–Trinajstić information content (AvgIpc) is 3.29. The topological polar surface area (TPSA) is 85.7 Å². The van der Waals surface area contributed by atoms with Crippen molar-refractivity contribution in [2.75, 3.05) is 39.4 Å². The van der Waals surface area contributed by atoms with Crippen LogP contribution in [0.3, 0.4) is 0 Å². The van der Waals surface area contributed by atoms with Gasteiger partial charge in [-0.2, -0.15) is 5.26 Å². The SMILES string of the molecule is C[C@H]1CCCC[C@H]1N1CC[C@](C#N)(NC(=O)[C@@H](CC(=O)N2CCOCC2)CC2CCCCC2)C1. The summed E-state index contributed by atoms with van der Waals surface area (Å²) in [5.74, 6) is 0.750. The van der Waals surface area contributed by atoms with E-state index < -0.39 is 5.54 Å². The van der Waals surface area contributed by atoms with Crippen molar-refractivity contribution in [3.63, 3.8) is 0 Å². The summed E-state index contributed by atoms with van der Waals surface area (Å²) in [7, 11) is 0. The second kappa shape index (κ2) is 11.9. The zero-order chi connectivity index (χ0) is 24.0. The summed E-state index contributed by atoms with van der Waals surface area (Å²) in [5.41, 5.74) is -0.832. The Hall–Kier alpha value is -1.65. The predicted molar refractivity (Wildman–Crippen MR) is 131 cm³/mol. The molecule has 4 atom stereocenters. The van der Waals surface area contributed by atoms with E-state index in [9.17, 15) is 14.9 Å². The number of nitrogens with one attached hydrogen (secondary N) is 1. The minimum Gasteiger partial charge on any atom is -0.378 e. The van der Waals surface area contributed by atoms with E-state index in [1.807, 2.05) is 4.90 Å². The van der Waals surface area contributed by atoms with Crippen molar-refractivity contribution in [3.05, 3.63) is 0 Å². The molecule has 0 aromatic rings. The molecule has 1 N–H and O–H groups in total. The highest BCUT2D eigenvalue weighted by Crippen LogP contribution is 2.34. The molecule has 0 radical (unpaired) electrons. The minimum absolute atomic E-state index is 0.0503. The molecular formula is C27H44N4O3. The molecule has 2 heterocycles. The number of hydrogen-bond acceptors (Lipinski definition) is 5. The summed E-state index contributed by atoms with van der Waals surface area (Å²) in [6.45, 7) is 6.14. The molecule has 0 aromatic carbocycles. The van der Waals surface area contributed by atoms with Crippen molar-refractivity contribution in [1.82, 2.24) is 15.1 Å². The van der Waals surface area contributed by atoms with Gasteiger partial charge < -0.3 is 15.0 Å². The Labute approximate surface area is 205 Å². The quantitative estimate of drug-likeness (QED) is 0.613.